The summed E-state index contributed by atoms with van der Waals surface area (Å²) in [4.78, 5) is 0. The molecule has 0 aromatic heterocycles. The predicted molar refractivity (Wildman–Crippen MR) is 49.8 cm³/mol. The van der Waals surface area contributed by atoms with E-state index in [0.29, 0.717) is 12.0 Å². The van der Waals surface area contributed by atoms with E-state index in [9.17, 15) is 0 Å². The average molecular weight is 168 g/mol. The summed E-state index contributed by atoms with van der Waals surface area (Å²) in [5.41, 5.74) is 0.595. The zero-order chi connectivity index (χ0) is 8.77. The van der Waals surface area contributed by atoms with Gasteiger partial charge in [0, 0.05) is 6.61 Å². The van der Waals surface area contributed by atoms with Crippen molar-refractivity contribution in [2.24, 2.45) is 23.2 Å². The summed E-state index contributed by atoms with van der Waals surface area (Å²) in [6.45, 7) is 5.21. The second kappa shape index (κ2) is 2.73. The molecular formula is C11H20O. The van der Waals surface area contributed by atoms with Crippen molar-refractivity contribution in [2.45, 2.75) is 39.5 Å². The Balaban J connectivity index is 2.01. The molecule has 1 N–H and O–H groups in total. The molecule has 2 bridgehead atoms. The van der Waals surface area contributed by atoms with E-state index in [2.05, 4.69) is 13.8 Å². The van der Waals surface area contributed by atoms with Crippen LogP contribution in [0.15, 0.2) is 0 Å². The third kappa shape index (κ3) is 1.02. The highest BCUT2D eigenvalue weighted by atomic mass is 16.3. The molecule has 3 saturated carbocycles. The van der Waals surface area contributed by atoms with E-state index < -0.39 is 0 Å². The van der Waals surface area contributed by atoms with Gasteiger partial charge in [-0.2, -0.15) is 0 Å². The van der Waals surface area contributed by atoms with E-state index in [4.69, 9.17) is 5.11 Å². The highest BCUT2D eigenvalue weighted by molar-refractivity contribution is 5.02. The number of aliphatic hydroxyl groups is 1. The third-order valence-corrected chi connectivity index (χ3v) is 4.50. The lowest BCUT2D eigenvalue weighted by atomic mass is 9.45. The maximum atomic E-state index is 8.92. The van der Waals surface area contributed by atoms with Gasteiger partial charge < -0.3 is 5.11 Å². The molecule has 1 heteroatoms. The van der Waals surface area contributed by atoms with Gasteiger partial charge in [0.25, 0.3) is 0 Å². The molecule has 0 spiro atoms. The number of hydrogen-bond acceptors (Lipinski definition) is 1. The SMILES string of the molecule is CC1(C)[C@@H]2CC[C@H](CCO)[C@@H]1C2. The molecule has 0 aromatic carbocycles. The molecule has 0 aliphatic heterocycles. The second-order valence-electron chi connectivity index (χ2n) is 5.21. The summed E-state index contributed by atoms with van der Waals surface area (Å²) < 4.78 is 0. The van der Waals surface area contributed by atoms with Gasteiger partial charge in [-0.25, -0.2) is 0 Å². The largest absolute Gasteiger partial charge is 0.396 e. The van der Waals surface area contributed by atoms with Crippen LogP contribution in [0, 0.1) is 23.2 Å². The summed E-state index contributed by atoms with van der Waals surface area (Å²) in [5.74, 6) is 2.75. The van der Waals surface area contributed by atoms with E-state index in [1.807, 2.05) is 0 Å². The molecule has 0 aromatic rings. The predicted octanol–water partition coefficient (Wildman–Crippen LogP) is 2.44. The topological polar surface area (TPSA) is 20.2 Å². The van der Waals surface area contributed by atoms with Gasteiger partial charge in [-0.15, -0.1) is 0 Å². The first kappa shape index (κ1) is 8.55. The quantitative estimate of drug-likeness (QED) is 0.671. The van der Waals surface area contributed by atoms with E-state index in [-0.39, 0.29) is 0 Å². The Bertz CT molecular complexity index is 170. The maximum Gasteiger partial charge on any atom is 0.0433 e. The van der Waals surface area contributed by atoms with Gasteiger partial charge >= 0.3 is 0 Å². The molecular weight excluding hydrogens is 148 g/mol. The van der Waals surface area contributed by atoms with Crippen molar-refractivity contribution in [3.05, 3.63) is 0 Å². The average Bonchev–Trinajstić information content (AvgIpc) is 2.05. The maximum absolute atomic E-state index is 8.92. The summed E-state index contributed by atoms with van der Waals surface area (Å²) in [5, 5.41) is 8.92. The van der Waals surface area contributed by atoms with Gasteiger partial charge in [0.1, 0.15) is 0 Å². The van der Waals surface area contributed by atoms with Crippen molar-refractivity contribution in [1.29, 1.82) is 0 Å². The van der Waals surface area contributed by atoms with Crippen molar-refractivity contribution >= 4 is 0 Å². The summed E-state index contributed by atoms with van der Waals surface area (Å²) >= 11 is 0. The Hall–Kier alpha value is -0.0400. The molecule has 3 fully saturated rings. The molecule has 3 rings (SSSR count). The fourth-order valence-electron chi connectivity index (χ4n) is 3.47. The molecule has 0 radical (unpaired) electrons. The van der Waals surface area contributed by atoms with E-state index >= 15 is 0 Å². The van der Waals surface area contributed by atoms with Crippen LogP contribution in [0.25, 0.3) is 0 Å². The number of aliphatic hydroxyl groups excluding tert-OH is 1. The van der Waals surface area contributed by atoms with E-state index in [1.165, 1.54) is 19.3 Å². The molecule has 0 unspecified atom stereocenters. The highest BCUT2D eigenvalue weighted by Crippen LogP contribution is 2.61. The minimum Gasteiger partial charge on any atom is -0.396 e. The Labute approximate surface area is 75.2 Å². The lowest BCUT2D eigenvalue weighted by Gasteiger charge is -2.60. The first-order valence-electron chi connectivity index (χ1n) is 5.27. The van der Waals surface area contributed by atoms with Crippen LogP contribution in [0.1, 0.15) is 39.5 Å². The van der Waals surface area contributed by atoms with Crippen LogP contribution in [-0.4, -0.2) is 11.7 Å². The van der Waals surface area contributed by atoms with Crippen LogP contribution in [0.3, 0.4) is 0 Å². The molecule has 1 nitrogen and oxygen atoms in total. The van der Waals surface area contributed by atoms with E-state index in [1.54, 1.807) is 0 Å². The third-order valence-electron chi connectivity index (χ3n) is 4.50. The lowest BCUT2D eigenvalue weighted by molar-refractivity contribution is -0.109. The number of fused-ring (bicyclic) bond motifs is 2. The number of rotatable bonds is 2. The number of hydrogen-bond donors (Lipinski definition) is 1. The van der Waals surface area contributed by atoms with Gasteiger partial charge in [-0.3, -0.25) is 0 Å². The van der Waals surface area contributed by atoms with Crippen LogP contribution < -0.4 is 0 Å². The van der Waals surface area contributed by atoms with Gasteiger partial charge in [0.2, 0.25) is 0 Å². The van der Waals surface area contributed by atoms with Gasteiger partial charge in [0.05, 0.1) is 0 Å². The Morgan fingerprint density at radius 3 is 2.58 bits per heavy atom. The van der Waals surface area contributed by atoms with Crippen LogP contribution in [0.4, 0.5) is 0 Å². The van der Waals surface area contributed by atoms with E-state index in [0.717, 1.165) is 24.2 Å². The lowest BCUT2D eigenvalue weighted by Crippen LogP contribution is -2.52. The van der Waals surface area contributed by atoms with Gasteiger partial charge in [0.15, 0.2) is 0 Å². The summed E-state index contributed by atoms with van der Waals surface area (Å²) in [6.07, 6.45) is 5.27. The molecule has 0 heterocycles. The molecule has 3 atom stereocenters. The Morgan fingerprint density at radius 1 is 1.33 bits per heavy atom. The van der Waals surface area contributed by atoms with Crippen molar-refractivity contribution in [1.82, 2.24) is 0 Å². The minimum atomic E-state index is 0.391. The second-order valence-corrected chi connectivity index (χ2v) is 5.21. The first-order chi connectivity index (χ1) is 5.66. The van der Waals surface area contributed by atoms with Crippen molar-refractivity contribution in [2.75, 3.05) is 6.61 Å². The van der Waals surface area contributed by atoms with Gasteiger partial charge in [-0.1, -0.05) is 13.8 Å². The molecule has 0 amide bonds. The summed E-state index contributed by atoms with van der Waals surface area (Å²) in [6, 6.07) is 0. The zero-order valence-corrected chi connectivity index (χ0v) is 8.21. The van der Waals surface area contributed by atoms with Gasteiger partial charge in [-0.05, 0) is 48.9 Å². The zero-order valence-electron chi connectivity index (χ0n) is 8.21. The monoisotopic (exact) mass is 168 g/mol. The first-order valence-corrected chi connectivity index (χ1v) is 5.27. The molecule has 3 aliphatic rings. The molecule has 0 saturated heterocycles. The Morgan fingerprint density at radius 2 is 2.08 bits per heavy atom. The molecule has 70 valence electrons. The minimum absolute atomic E-state index is 0.391. The van der Waals surface area contributed by atoms with Crippen LogP contribution in [-0.2, 0) is 0 Å². The fourth-order valence-corrected chi connectivity index (χ4v) is 3.47. The van der Waals surface area contributed by atoms with Crippen LogP contribution in [0.2, 0.25) is 0 Å². The smallest absolute Gasteiger partial charge is 0.0433 e. The van der Waals surface area contributed by atoms with Crippen LogP contribution in [0.5, 0.6) is 0 Å². The van der Waals surface area contributed by atoms with Crippen molar-refractivity contribution < 1.29 is 5.11 Å². The Kier molecular flexibility index (Phi) is 1.95. The summed E-state index contributed by atoms with van der Waals surface area (Å²) in [7, 11) is 0. The van der Waals surface area contributed by atoms with Crippen molar-refractivity contribution in [3.8, 4) is 0 Å². The molecule has 12 heavy (non-hydrogen) atoms. The normalized spacial score (nSPS) is 43.8. The fraction of sp³-hybridized carbons (Fsp3) is 1.00. The highest BCUT2D eigenvalue weighted by Gasteiger charge is 2.53. The van der Waals surface area contributed by atoms with Crippen LogP contribution >= 0.6 is 0 Å². The molecule has 3 aliphatic carbocycles. The van der Waals surface area contributed by atoms with Crippen molar-refractivity contribution in [3.63, 3.8) is 0 Å². The standard InChI is InChI=1S/C11H20O/c1-11(2)9-4-3-8(5-6-12)10(11)7-9/h8-10,12H,3-7H2,1-2H3/t8-,9-,10+/m1/s1.